The molecule has 0 aliphatic carbocycles. The highest BCUT2D eigenvalue weighted by Gasteiger charge is 2.28. The Labute approximate surface area is 137 Å². The molecule has 2 aromatic rings. The fraction of sp³-hybridized carbons (Fsp3) is 0.294. The lowest BCUT2D eigenvalue weighted by molar-refractivity contribution is 0.414. The van der Waals surface area contributed by atoms with Crippen molar-refractivity contribution in [2.75, 3.05) is 32.6 Å². The molecule has 0 aliphatic heterocycles. The number of hydrogen-bond acceptors (Lipinski definition) is 5. The van der Waals surface area contributed by atoms with Gasteiger partial charge in [0.05, 0.1) is 12.0 Å². The molecule has 6 heteroatoms. The van der Waals surface area contributed by atoms with Gasteiger partial charge in [-0.15, -0.1) is 0 Å². The molecule has 0 spiro atoms. The van der Waals surface area contributed by atoms with Crippen LogP contribution in [0.25, 0.3) is 0 Å². The number of nitrogens with zero attached hydrogens (tertiary/aromatic N) is 1. The van der Waals surface area contributed by atoms with Crippen LogP contribution in [0, 0.1) is 0 Å². The Kier molecular flexibility index (Phi) is 5.28. The lowest BCUT2D eigenvalue weighted by Crippen LogP contribution is -2.22. The van der Waals surface area contributed by atoms with Gasteiger partial charge in [-0.05, 0) is 42.0 Å². The van der Waals surface area contributed by atoms with E-state index in [2.05, 4.69) is 0 Å². The molecular formula is C17H22N2O3S. The van der Waals surface area contributed by atoms with Gasteiger partial charge in [-0.25, -0.2) is 8.42 Å². The van der Waals surface area contributed by atoms with Gasteiger partial charge in [0, 0.05) is 26.3 Å². The van der Waals surface area contributed by atoms with Crippen LogP contribution in [0.4, 0.5) is 5.69 Å². The van der Waals surface area contributed by atoms with E-state index in [1.165, 1.54) is 0 Å². The van der Waals surface area contributed by atoms with E-state index in [-0.39, 0.29) is 11.4 Å². The molecule has 2 N–H and O–H groups in total. The Morgan fingerprint density at radius 1 is 1.04 bits per heavy atom. The van der Waals surface area contributed by atoms with Gasteiger partial charge < -0.3 is 15.4 Å². The number of benzene rings is 2. The van der Waals surface area contributed by atoms with Gasteiger partial charge in [-0.2, -0.15) is 0 Å². The number of nitrogens with two attached hydrogens (primary N) is 1. The Hall–Kier alpha value is -2.05. The first-order chi connectivity index (χ1) is 10.9. The van der Waals surface area contributed by atoms with Crippen molar-refractivity contribution in [1.82, 2.24) is 0 Å². The van der Waals surface area contributed by atoms with Crippen LogP contribution in [0.1, 0.15) is 10.8 Å². The van der Waals surface area contributed by atoms with Crippen LogP contribution >= 0.6 is 0 Å². The van der Waals surface area contributed by atoms with Crippen LogP contribution in [0.15, 0.2) is 53.4 Å². The van der Waals surface area contributed by atoms with E-state index in [1.54, 1.807) is 31.4 Å². The largest absolute Gasteiger partial charge is 0.497 e. The number of hydrogen-bond donors (Lipinski definition) is 1. The van der Waals surface area contributed by atoms with Crippen LogP contribution < -0.4 is 15.4 Å². The second-order valence-corrected chi connectivity index (χ2v) is 7.56. The van der Waals surface area contributed by atoms with Crippen molar-refractivity contribution in [1.29, 1.82) is 0 Å². The van der Waals surface area contributed by atoms with Crippen molar-refractivity contribution in [3.8, 4) is 5.75 Å². The second-order valence-electron chi connectivity index (χ2n) is 5.43. The molecule has 0 saturated heterocycles. The smallest absolute Gasteiger partial charge is 0.186 e. The Morgan fingerprint density at radius 2 is 1.61 bits per heavy atom. The SMILES string of the molecule is COc1ccc(S(=O)(=O)[C@@H](CN)c2ccc(N(C)C)cc2)cc1. The van der Waals surface area contributed by atoms with E-state index in [0.717, 1.165) is 5.69 Å². The molecule has 0 heterocycles. The summed E-state index contributed by atoms with van der Waals surface area (Å²) in [6.07, 6.45) is 0. The molecule has 0 unspecified atom stereocenters. The van der Waals surface area contributed by atoms with E-state index in [9.17, 15) is 8.42 Å². The molecule has 0 amide bonds. The summed E-state index contributed by atoms with van der Waals surface area (Å²) in [5, 5.41) is -0.771. The summed E-state index contributed by atoms with van der Waals surface area (Å²) >= 11 is 0. The summed E-state index contributed by atoms with van der Waals surface area (Å²) in [4.78, 5) is 2.20. The van der Waals surface area contributed by atoms with Crippen molar-refractivity contribution in [2.45, 2.75) is 10.1 Å². The van der Waals surface area contributed by atoms with Crippen LogP contribution in [0.2, 0.25) is 0 Å². The van der Waals surface area contributed by atoms with Gasteiger partial charge in [-0.1, -0.05) is 12.1 Å². The van der Waals surface area contributed by atoms with Gasteiger partial charge in [0.1, 0.15) is 11.0 Å². The molecule has 23 heavy (non-hydrogen) atoms. The maximum Gasteiger partial charge on any atom is 0.186 e. The number of ether oxygens (including phenoxy) is 1. The minimum absolute atomic E-state index is 0.0235. The maximum atomic E-state index is 12.9. The third-order valence-electron chi connectivity index (χ3n) is 3.76. The third-order valence-corrected chi connectivity index (χ3v) is 5.90. The second kappa shape index (κ2) is 7.02. The van der Waals surface area contributed by atoms with Gasteiger partial charge in [0.15, 0.2) is 9.84 Å². The zero-order chi connectivity index (χ0) is 17.0. The molecular weight excluding hydrogens is 312 g/mol. The number of rotatable bonds is 6. The molecule has 124 valence electrons. The average molecular weight is 334 g/mol. The highest BCUT2D eigenvalue weighted by molar-refractivity contribution is 7.91. The van der Waals surface area contributed by atoms with Gasteiger partial charge in [-0.3, -0.25) is 0 Å². The Morgan fingerprint density at radius 3 is 2.04 bits per heavy atom. The van der Waals surface area contributed by atoms with Crippen LogP contribution in [-0.4, -0.2) is 36.2 Å². The first kappa shape index (κ1) is 17.3. The summed E-state index contributed by atoms with van der Waals surface area (Å²) < 4.78 is 30.8. The normalized spacial score (nSPS) is 12.7. The minimum atomic E-state index is -3.56. The summed E-state index contributed by atoms with van der Waals surface area (Å²) in [6, 6.07) is 13.8. The lowest BCUT2D eigenvalue weighted by atomic mass is 10.1. The Bertz CT molecular complexity index is 738. The third kappa shape index (κ3) is 3.65. The zero-order valence-corrected chi connectivity index (χ0v) is 14.4. The molecule has 0 saturated carbocycles. The summed E-state index contributed by atoms with van der Waals surface area (Å²) in [7, 11) is 1.85. The van der Waals surface area contributed by atoms with Crippen molar-refractivity contribution >= 4 is 15.5 Å². The number of methoxy groups -OCH3 is 1. The highest BCUT2D eigenvalue weighted by Crippen LogP contribution is 2.30. The molecule has 0 fully saturated rings. The van der Waals surface area contributed by atoms with Crippen molar-refractivity contribution in [3.05, 3.63) is 54.1 Å². The van der Waals surface area contributed by atoms with Crippen LogP contribution in [0.3, 0.4) is 0 Å². The topological polar surface area (TPSA) is 72.6 Å². The molecule has 2 aromatic carbocycles. The van der Waals surface area contributed by atoms with E-state index < -0.39 is 15.1 Å². The fourth-order valence-corrected chi connectivity index (χ4v) is 3.97. The van der Waals surface area contributed by atoms with E-state index in [0.29, 0.717) is 11.3 Å². The molecule has 1 atom stereocenters. The first-order valence-corrected chi connectivity index (χ1v) is 8.80. The van der Waals surface area contributed by atoms with E-state index in [4.69, 9.17) is 10.5 Å². The Balaban J connectivity index is 2.37. The highest BCUT2D eigenvalue weighted by atomic mass is 32.2. The quantitative estimate of drug-likeness (QED) is 0.877. The molecule has 2 rings (SSSR count). The standard InChI is InChI=1S/C17H22N2O3S/c1-19(2)14-6-4-13(5-7-14)17(12-18)23(20,21)16-10-8-15(22-3)9-11-16/h4-11,17H,12,18H2,1-3H3/t17-/m0/s1. The van der Waals surface area contributed by atoms with Crippen LogP contribution in [-0.2, 0) is 9.84 Å². The van der Waals surface area contributed by atoms with Crippen LogP contribution in [0.5, 0.6) is 5.75 Å². The van der Waals surface area contributed by atoms with Crippen molar-refractivity contribution in [2.24, 2.45) is 5.73 Å². The summed E-state index contributed by atoms with van der Waals surface area (Å²) in [5.74, 6) is 0.614. The van der Waals surface area contributed by atoms with E-state index in [1.807, 2.05) is 43.3 Å². The van der Waals surface area contributed by atoms with Gasteiger partial charge >= 0.3 is 0 Å². The summed E-state index contributed by atoms with van der Waals surface area (Å²) in [6.45, 7) is 0.0235. The zero-order valence-electron chi connectivity index (χ0n) is 13.6. The summed E-state index contributed by atoms with van der Waals surface area (Å²) in [5.41, 5.74) is 7.46. The number of sulfone groups is 1. The van der Waals surface area contributed by atoms with E-state index >= 15 is 0 Å². The minimum Gasteiger partial charge on any atom is -0.497 e. The molecule has 5 nitrogen and oxygen atoms in total. The molecule has 0 aromatic heterocycles. The predicted octanol–water partition coefficient (Wildman–Crippen LogP) is 2.23. The lowest BCUT2D eigenvalue weighted by Gasteiger charge is -2.18. The average Bonchev–Trinajstić information content (AvgIpc) is 2.56. The monoisotopic (exact) mass is 334 g/mol. The van der Waals surface area contributed by atoms with Gasteiger partial charge in [0.25, 0.3) is 0 Å². The fourth-order valence-electron chi connectivity index (χ4n) is 2.36. The van der Waals surface area contributed by atoms with Crippen molar-refractivity contribution in [3.63, 3.8) is 0 Å². The van der Waals surface area contributed by atoms with Gasteiger partial charge in [0.2, 0.25) is 0 Å². The molecule has 0 aliphatic rings. The first-order valence-electron chi connectivity index (χ1n) is 7.25. The predicted molar refractivity (Wildman–Crippen MR) is 92.7 cm³/mol. The van der Waals surface area contributed by atoms with Crippen molar-refractivity contribution < 1.29 is 13.2 Å². The molecule has 0 bridgehead atoms. The molecule has 0 radical (unpaired) electrons. The number of anilines is 1. The maximum absolute atomic E-state index is 12.9.